The Bertz CT molecular complexity index is 418. The Morgan fingerprint density at radius 1 is 1.44 bits per heavy atom. The zero-order chi connectivity index (χ0) is 12.1. The van der Waals surface area contributed by atoms with E-state index in [1.54, 1.807) is 12.1 Å². The summed E-state index contributed by atoms with van der Waals surface area (Å²) in [5, 5.41) is 0.262. The molecule has 1 rings (SSSR count). The molecule has 0 bridgehead atoms. The number of Topliss-reactive ketones (excluding diaryl/α,β-unsaturated/α-hetero) is 1. The van der Waals surface area contributed by atoms with Gasteiger partial charge in [0.15, 0.2) is 0 Å². The topological polar surface area (TPSA) is 69.4 Å². The summed E-state index contributed by atoms with van der Waals surface area (Å²) >= 11 is 3.07. The number of nitrogens with two attached hydrogens (primary N) is 1. The summed E-state index contributed by atoms with van der Waals surface area (Å²) in [6.07, 6.45) is 0.190. The number of benzene rings is 1. The molecule has 0 aromatic heterocycles. The van der Waals surface area contributed by atoms with E-state index < -0.39 is 5.97 Å². The van der Waals surface area contributed by atoms with Crippen LogP contribution in [0.1, 0.15) is 15.9 Å². The maximum absolute atomic E-state index is 11.5. The van der Waals surface area contributed by atoms with E-state index in [0.29, 0.717) is 16.8 Å². The Kier molecular flexibility index (Phi) is 4.49. The smallest absolute Gasteiger partial charge is 0.338 e. The lowest BCUT2D eigenvalue weighted by molar-refractivity contribution is -0.115. The number of halogens is 1. The van der Waals surface area contributed by atoms with Crippen molar-refractivity contribution in [1.82, 2.24) is 0 Å². The summed E-state index contributed by atoms with van der Waals surface area (Å²) < 4.78 is 4.63. The van der Waals surface area contributed by atoms with Crippen molar-refractivity contribution in [3.8, 4) is 0 Å². The van der Waals surface area contributed by atoms with Crippen molar-refractivity contribution in [2.45, 2.75) is 6.42 Å². The fraction of sp³-hybridized carbons (Fsp3) is 0.273. The summed E-state index contributed by atoms with van der Waals surface area (Å²) in [4.78, 5) is 22.8. The highest BCUT2D eigenvalue weighted by Crippen LogP contribution is 2.16. The van der Waals surface area contributed by atoms with Crippen LogP contribution in [0.3, 0.4) is 0 Å². The van der Waals surface area contributed by atoms with Gasteiger partial charge in [0.05, 0.1) is 18.0 Å². The van der Waals surface area contributed by atoms with Gasteiger partial charge in [0, 0.05) is 12.1 Å². The quantitative estimate of drug-likeness (QED) is 0.518. The van der Waals surface area contributed by atoms with Crippen LogP contribution in [0, 0.1) is 0 Å². The van der Waals surface area contributed by atoms with Gasteiger partial charge >= 0.3 is 5.97 Å². The normalized spacial score (nSPS) is 9.88. The highest BCUT2D eigenvalue weighted by atomic mass is 79.9. The predicted molar refractivity (Wildman–Crippen MR) is 64.7 cm³/mol. The SMILES string of the molecule is COC(=O)c1cc(N)ccc1CC(=O)CBr. The molecule has 2 N–H and O–H groups in total. The van der Waals surface area contributed by atoms with Gasteiger partial charge < -0.3 is 10.5 Å². The highest BCUT2D eigenvalue weighted by molar-refractivity contribution is 9.09. The molecule has 0 aliphatic rings. The van der Waals surface area contributed by atoms with Gasteiger partial charge in [0.25, 0.3) is 0 Å². The van der Waals surface area contributed by atoms with Crippen LogP contribution in [0.25, 0.3) is 0 Å². The Morgan fingerprint density at radius 2 is 2.12 bits per heavy atom. The molecule has 16 heavy (non-hydrogen) atoms. The first kappa shape index (κ1) is 12.7. The molecule has 1 aromatic carbocycles. The molecular weight excluding hydrogens is 274 g/mol. The van der Waals surface area contributed by atoms with Gasteiger partial charge in [-0.05, 0) is 17.7 Å². The van der Waals surface area contributed by atoms with Crippen LogP contribution < -0.4 is 5.73 Å². The van der Waals surface area contributed by atoms with Crippen molar-refractivity contribution < 1.29 is 14.3 Å². The van der Waals surface area contributed by atoms with Crippen molar-refractivity contribution in [1.29, 1.82) is 0 Å². The molecule has 0 saturated carbocycles. The van der Waals surface area contributed by atoms with Crippen molar-refractivity contribution in [2.75, 3.05) is 18.2 Å². The van der Waals surface area contributed by atoms with E-state index >= 15 is 0 Å². The van der Waals surface area contributed by atoms with Gasteiger partial charge in [-0.2, -0.15) is 0 Å². The maximum Gasteiger partial charge on any atom is 0.338 e. The molecule has 0 radical (unpaired) electrons. The number of methoxy groups -OCH3 is 1. The van der Waals surface area contributed by atoms with Crippen LogP contribution in [0.4, 0.5) is 5.69 Å². The Morgan fingerprint density at radius 3 is 2.69 bits per heavy atom. The number of hydrogen-bond acceptors (Lipinski definition) is 4. The number of ether oxygens (including phenoxy) is 1. The van der Waals surface area contributed by atoms with E-state index in [4.69, 9.17) is 5.73 Å². The van der Waals surface area contributed by atoms with Crippen LogP contribution in [-0.4, -0.2) is 24.2 Å². The van der Waals surface area contributed by atoms with Crippen LogP contribution in [-0.2, 0) is 16.0 Å². The second kappa shape index (κ2) is 5.65. The molecular formula is C11H12BrNO3. The van der Waals surface area contributed by atoms with Gasteiger partial charge in [-0.15, -0.1) is 0 Å². The minimum Gasteiger partial charge on any atom is -0.465 e. The minimum absolute atomic E-state index is 0.00470. The highest BCUT2D eigenvalue weighted by Gasteiger charge is 2.14. The number of nitrogen functional groups attached to an aromatic ring is 1. The van der Waals surface area contributed by atoms with Crippen molar-refractivity contribution in [3.05, 3.63) is 29.3 Å². The number of anilines is 1. The van der Waals surface area contributed by atoms with Crippen molar-refractivity contribution in [3.63, 3.8) is 0 Å². The van der Waals surface area contributed by atoms with Gasteiger partial charge in [-0.1, -0.05) is 22.0 Å². The fourth-order valence-electron chi connectivity index (χ4n) is 1.31. The zero-order valence-electron chi connectivity index (χ0n) is 8.83. The second-order valence-corrected chi connectivity index (χ2v) is 3.82. The Hall–Kier alpha value is -1.36. The second-order valence-electron chi connectivity index (χ2n) is 3.26. The lowest BCUT2D eigenvalue weighted by Crippen LogP contribution is -2.11. The first-order valence-electron chi connectivity index (χ1n) is 4.63. The summed E-state index contributed by atoms with van der Waals surface area (Å²) in [6.45, 7) is 0. The molecule has 1 aromatic rings. The Balaban J connectivity index is 3.07. The number of ketones is 1. The summed E-state index contributed by atoms with van der Waals surface area (Å²) in [5.41, 5.74) is 7.02. The van der Waals surface area contributed by atoms with E-state index in [1.807, 2.05) is 0 Å². The number of alkyl halides is 1. The average molecular weight is 286 g/mol. The summed E-state index contributed by atoms with van der Waals surface area (Å²) in [5.74, 6) is -0.486. The fourth-order valence-corrected chi connectivity index (χ4v) is 1.51. The van der Waals surface area contributed by atoms with E-state index in [2.05, 4.69) is 20.7 Å². The standard InChI is InChI=1S/C11H12BrNO3/c1-16-11(15)10-5-8(13)3-2-7(10)4-9(14)6-12/h2-3,5H,4,6,13H2,1H3. The largest absolute Gasteiger partial charge is 0.465 e. The van der Waals surface area contributed by atoms with Gasteiger partial charge in [0.2, 0.25) is 0 Å². The summed E-state index contributed by atoms with van der Waals surface area (Å²) in [6, 6.07) is 4.84. The molecule has 0 heterocycles. The first-order chi connectivity index (χ1) is 7.58. The number of carbonyl (C=O) groups is 2. The molecule has 0 amide bonds. The lowest BCUT2D eigenvalue weighted by Gasteiger charge is -2.07. The number of rotatable bonds is 4. The third-order valence-electron chi connectivity index (χ3n) is 2.08. The predicted octanol–water partition coefficient (Wildman–Crippen LogP) is 1.56. The van der Waals surface area contributed by atoms with Crippen molar-refractivity contribution in [2.24, 2.45) is 0 Å². The summed E-state index contributed by atoms with van der Waals surface area (Å²) in [7, 11) is 1.29. The molecule has 5 heteroatoms. The third-order valence-corrected chi connectivity index (χ3v) is 2.70. The van der Waals surface area contributed by atoms with E-state index in [1.165, 1.54) is 13.2 Å². The number of hydrogen-bond donors (Lipinski definition) is 1. The molecule has 0 spiro atoms. The molecule has 86 valence electrons. The lowest BCUT2D eigenvalue weighted by atomic mass is 10.0. The molecule has 0 fully saturated rings. The van der Waals surface area contributed by atoms with Gasteiger partial charge in [-0.3, -0.25) is 4.79 Å². The maximum atomic E-state index is 11.5. The Labute approximate surface area is 102 Å². The monoisotopic (exact) mass is 285 g/mol. The number of esters is 1. The van der Waals surface area contributed by atoms with E-state index in [9.17, 15) is 9.59 Å². The first-order valence-corrected chi connectivity index (χ1v) is 5.75. The van der Waals surface area contributed by atoms with Crippen LogP contribution in [0.15, 0.2) is 18.2 Å². The average Bonchev–Trinajstić information content (AvgIpc) is 2.30. The van der Waals surface area contributed by atoms with Gasteiger partial charge in [-0.25, -0.2) is 4.79 Å². The van der Waals surface area contributed by atoms with Gasteiger partial charge in [0.1, 0.15) is 5.78 Å². The molecule has 4 nitrogen and oxygen atoms in total. The molecule has 0 atom stereocenters. The number of carbonyl (C=O) groups excluding carboxylic acids is 2. The van der Waals surface area contributed by atoms with Crippen LogP contribution >= 0.6 is 15.9 Å². The zero-order valence-corrected chi connectivity index (χ0v) is 10.4. The van der Waals surface area contributed by atoms with E-state index in [-0.39, 0.29) is 17.5 Å². The minimum atomic E-state index is -0.482. The van der Waals surface area contributed by atoms with Crippen LogP contribution in [0.2, 0.25) is 0 Å². The van der Waals surface area contributed by atoms with Crippen molar-refractivity contribution >= 4 is 33.4 Å². The third kappa shape index (κ3) is 3.06. The van der Waals surface area contributed by atoms with Crippen LogP contribution in [0.5, 0.6) is 0 Å². The molecule has 0 saturated heterocycles. The molecule has 0 unspecified atom stereocenters. The van der Waals surface area contributed by atoms with E-state index in [0.717, 1.165) is 0 Å². The molecule has 0 aliphatic carbocycles. The molecule has 0 aliphatic heterocycles.